The Morgan fingerprint density at radius 3 is 2.17 bits per heavy atom. The normalized spacial score (nSPS) is 15.7. The summed E-state index contributed by atoms with van der Waals surface area (Å²) in [6, 6.07) is 0. The quantitative estimate of drug-likeness (QED) is 0.557. The molecule has 0 N–H and O–H groups in total. The van der Waals surface area contributed by atoms with E-state index in [1.165, 1.54) is 19.3 Å². The second kappa shape index (κ2) is 5.34. The molecule has 1 atom stereocenters. The molecule has 72 valence electrons. The van der Waals surface area contributed by atoms with Crippen LogP contribution in [0, 0.1) is 5.41 Å². The summed E-state index contributed by atoms with van der Waals surface area (Å²) in [6.07, 6.45) is 5.72. The average molecular weight is 170 g/mol. The minimum atomic E-state index is -0.0465. The third-order valence-corrected chi connectivity index (χ3v) is 2.96. The van der Waals surface area contributed by atoms with Crippen LogP contribution >= 0.6 is 0 Å². The van der Waals surface area contributed by atoms with Crippen LogP contribution in [-0.2, 0) is 4.79 Å². The van der Waals surface area contributed by atoms with Gasteiger partial charge in [0, 0.05) is 5.41 Å². The zero-order valence-corrected chi connectivity index (χ0v) is 8.94. The van der Waals surface area contributed by atoms with Crippen molar-refractivity contribution in [3.63, 3.8) is 0 Å². The maximum atomic E-state index is 11.3. The van der Waals surface area contributed by atoms with Crippen molar-refractivity contribution in [2.24, 2.45) is 5.41 Å². The second-order valence-electron chi connectivity index (χ2n) is 3.93. The van der Waals surface area contributed by atoms with Crippen molar-refractivity contribution in [1.29, 1.82) is 0 Å². The van der Waals surface area contributed by atoms with Crippen LogP contribution in [0.4, 0.5) is 0 Å². The van der Waals surface area contributed by atoms with Gasteiger partial charge in [0.1, 0.15) is 5.78 Å². The van der Waals surface area contributed by atoms with Crippen molar-refractivity contribution in [3.05, 3.63) is 0 Å². The highest BCUT2D eigenvalue weighted by atomic mass is 16.1. The maximum Gasteiger partial charge on any atom is 0.135 e. The highest BCUT2D eigenvalue weighted by molar-refractivity contribution is 5.81. The third-order valence-electron chi connectivity index (χ3n) is 2.96. The fourth-order valence-corrected chi connectivity index (χ4v) is 1.37. The number of carbonyl (C=O) groups is 1. The summed E-state index contributed by atoms with van der Waals surface area (Å²) in [5.41, 5.74) is -0.0465. The first kappa shape index (κ1) is 11.7. The van der Waals surface area contributed by atoms with E-state index in [0.717, 1.165) is 12.8 Å². The maximum absolute atomic E-state index is 11.3. The number of ketones is 1. The summed E-state index contributed by atoms with van der Waals surface area (Å²) in [4.78, 5) is 11.3. The molecular weight excluding hydrogens is 148 g/mol. The van der Waals surface area contributed by atoms with Gasteiger partial charge in [-0.15, -0.1) is 0 Å². The van der Waals surface area contributed by atoms with E-state index in [-0.39, 0.29) is 5.41 Å². The SMILES string of the molecule is CCCCCC(C)(CC)C(C)=O. The molecule has 0 rings (SSSR count). The van der Waals surface area contributed by atoms with Crippen molar-refractivity contribution >= 4 is 5.78 Å². The molecule has 0 spiro atoms. The van der Waals surface area contributed by atoms with Gasteiger partial charge in [0.15, 0.2) is 0 Å². The van der Waals surface area contributed by atoms with E-state index in [9.17, 15) is 4.79 Å². The molecule has 0 amide bonds. The fourth-order valence-electron chi connectivity index (χ4n) is 1.37. The van der Waals surface area contributed by atoms with Gasteiger partial charge in [0.2, 0.25) is 0 Å². The fraction of sp³-hybridized carbons (Fsp3) is 0.909. The van der Waals surface area contributed by atoms with Crippen LogP contribution in [-0.4, -0.2) is 5.78 Å². The molecular formula is C11H22O. The minimum Gasteiger partial charge on any atom is -0.299 e. The van der Waals surface area contributed by atoms with Crippen LogP contribution in [0.5, 0.6) is 0 Å². The van der Waals surface area contributed by atoms with E-state index in [4.69, 9.17) is 0 Å². The molecule has 0 saturated carbocycles. The van der Waals surface area contributed by atoms with Crippen LogP contribution in [0.2, 0.25) is 0 Å². The van der Waals surface area contributed by atoms with Crippen molar-refractivity contribution in [2.75, 3.05) is 0 Å². The van der Waals surface area contributed by atoms with Gasteiger partial charge < -0.3 is 0 Å². The van der Waals surface area contributed by atoms with E-state index in [0.29, 0.717) is 5.78 Å². The molecule has 0 aromatic rings. The number of rotatable bonds is 6. The predicted molar refractivity (Wildman–Crippen MR) is 53.2 cm³/mol. The molecule has 0 aromatic carbocycles. The Morgan fingerprint density at radius 2 is 1.83 bits per heavy atom. The Hall–Kier alpha value is -0.330. The van der Waals surface area contributed by atoms with Crippen molar-refractivity contribution in [3.8, 4) is 0 Å². The van der Waals surface area contributed by atoms with Crippen LogP contribution in [0.15, 0.2) is 0 Å². The van der Waals surface area contributed by atoms with Crippen molar-refractivity contribution in [2.45, 2.75) is 59.8 Å². The van der Waals surface area contributed by atoms with E-state index in [1.54, 1.807) is 6.92 Å². The molecule has 1 heteroatoms. The van der Waals surface area contributed by atoms with Crippen LogP contribution in [0.25, 0.3) is 0 Å². The highest BCUT2D eigenvalue weighted by Crippen LogP contribution is 2.29. The Morgan fingerprint density at radius 1 is 1.25 bits per heavy atom. The molecule has 0 aliphatic carbocycles. The Balaban J connectivity index is 3.88. The number of unbranched alkanes of at least 4 members (excludes halogenated alkanes) is 2. The van der Waals surface area contributed by atoms with Gasteiger partial charge in [-0.25, -0.2) is 0 Å². The summed E-state index contributed by atoms with van der Waals surface area (Å²) < 4.78 is 0. The zero-order chi connectivity index (χ0) is 9.61. The monoisotopic (exact) mass is 170 g/mol. The summed E-state index contributed by atoms with van der Waals surface area (Å²) in [7, 11) is 0. The topological polar surface area (TPSA) is 17.1 Å². The van der Waals surface area contributed by atoms with Gasteiger partial charge in [0.25, 0.3) is 0 Å². The smallest absolute Gasteiger partial charge is 0.135 e. The number of hydrogen-bond acceptors (Lipinski definition) is 1. The summed E-state index contributed by atoms with van der Waals surface area (Å²) in [6.45, 7) is 8.10. The zero-order valence-electron chi connectivity index (χ0n) is 8.94. The van der Waals surface area contributed by atoms with Gasteiger partial charge in [0.05, 0.1) is 0 Å². The van der Waals surface area contributed by atoms with Gasteiger partial charge >= 0.3 is 0 Å². The Bertz CT molecular complexity index is 140. The molecule has 1 nitrogen and oxygen atoms in total. The van der Waals surface area contributed by atoms with Crippen molar-refractivity contribution < 1.29 is 4.79 Å². The summed E-state index contributed by atoms with van der Waals surface area (Å²) >= 11 is 0. The summed E-state index contributed by atoms with van der Waals surface area (Å²) in [5.74, 6) is 0.348. The van der Waals surface area contributed by atoms with Gasteiger partial charge in [-0.2, -0.15) is 0 Å². The van der Waals surface area contributed by atoms with Crippen LogP contribution in [0.3, 0.4) is 0 Å². The van der Waals surface area contributed by atoms with Gasteiger partial charge in [-0.3, -0.25) is 4.79 Å². The molecule has 0 heterocycles. The molecule has 0 radical (unpaired) electrons. The highest BCUT2D eigenvalue weighted by Gasteiger charge is 2.26. The predicted octanol–water partition coefficient (Wildman–Crippen LogP) is 3.57. The van der Waals surface area contributed by atoms with Crippen LogP contribution in [0.1, 0.15) is 59.8 Å². The lowest BCUT2D eigenvalue weighted by atomic mass is 9.79. The van der Waals surface area contributed by atoms with Crippen LogP contribution < -0.4 is 0 Å². The van der Waals surface area contributed by atoms with E-state index < -0.39 is 0 Å². The first-order valence-electron chi connectivity index (χ1n) is 5.08. The lowest BCUT2D eigenvalue weighted by molar-refractivity contribution is -0.126. The molecule has 0 aromatic heterocycles. The molecule has 0 fully saturated rings. The number of hydrogen-bond donors (Lipinski definition) is 0. The lowest BCUT2D eigenvalue weighted by Crippen LogP contribution is -2.24. The first-order chi connectivity index (χ1) is 5.56. The standard InChI is InChI=1S/C11H22O/c1-5-7-8-9-11(4,6-2)10(3)12/h5-9H2,1-4H3. The van der Waals surface area contributed by atoms with E-state index >= 15 is 0 Å². The Kier molecular flexibility index (Phi) is 5.19. The van der Waals surface area contributed by atoms with Gasteiger partial charge in [-0.05, 0) is 19.8 Å². The lowest BCUT2D eigenvalue weighted by Gasteiger charge is -2.24. The van der Waals surface area contributed by atoms with E-state index in [1.807, 2.05) is 0 Å². The molecule has 0 bridgehead atoms. The Labute approximate surface area is 76.6 Å². The molecule has 0 aliphatic rings. The number of carbonyl (C=O) groups excluding carboxylic acids is 1. The first-order valence-corrected chi connectivity index (χ1v) is 5.08. The molecule has 1 unspecified atom stereocenters. The second-order valence-corrected chi connectivity index (χ2v) is 3.93. The minimum absolute atomic E-state index is 0.0465. The molecule has 0 saturated heterocycles. The largest absolute Gasteiger partial charge is 0.299 e. The van der Waals surface area contributed by atoms with Gasteiger partial charge in [-0.1, -0.05) is 40.0 Å². The summed E-state index contributed by atoms with van der Waals surface area (Å²) in [5, 5.41) is 0. The third kappa shape index (κ3) is 3.38. The average Bonchev–Trinajstić information content (AvgIpc) is 2.04. The van der Waals surface area contributed by atoms with E-state index in [2.05, 4.69) is 20.8 Å². The van der Waals surface area contributed by atoms with Crippen molar-refractivity contribution in [1.82, 2.24) is 0 Å². The molecule has 0 aliphatic heterocycles. The molecule has 12 heavy (non-hydrogen) atoms. The number of Topliss-reactive ketones (excluding diaryl/α,β-unsaturated/α-hetero) is 1.